The fraction of sp³-hybridized carbons (Fsp3) is 0. The van der Waals surface area contributed by atoms with Crippen LogP contribution in [-0.2, 0) is 0 Å². The van der Waals surface area contributed by atoms with Gasteiger partial charge >= 0.3 is 0 Å². The maximum absolute atomic E-state index is 12.3. The van der Waals surface area contributed by atoms with E-state index in [9.17, 15) is 9.59 Å². The van der Waals surface area contributed by atoms with Gasteiger partial charge in [0, 0.05) is 22.6 Å². The zero-order chi connectivity index (χ0) is 17.6. The predicted molar refractivity (Wildman–Crippen MR) is 99.6 cm³/mol. The Hall–Kier alpha value is -3.60. The van der Waals surface area contributed by atoms with Crippen molar-refractivity contribution in [3.8, 4) is 0 Å². The highest BCUT2D eigenvalue weighted by Gasteiger charge is 2.13. The number of carbonyl (C=O) groups excluding carboxylic acids is 2. The second kappa shape index (κ2) is 7.31. The van der Waals surface area contributed by atoms with Crippen LogP contribution in [0.2, 0.25) is 0 Å². The number of nitrogens with two attached hydrogens (primary N) is 1. The van der Waals surface area contributed by atoms with Gasteiger partial charge in [0.15, 0.2) is 0 Å². The average molecular weight is 331 g/mol. The molecule has 3 aromatic rings. The molecule has 0 unspecified atom stereocenters. The third kappa shape index (κ3) is 4.03. The van der Waals surface area contributed by atoms with Crippen molar-refractivity contribution in [2.45, 2.75) is 0 Å². The van der Waals surface area contributed by atoms with Crippen LogP contribution in [0.5, 0.6) is 0 Å². The van der Waals surface area contributed by atoms with E-state index in [2.05, 4.69) is 10.6 Å². The van der Waals surface area contributed by atoms with Crippen LogP contribution in [0.4, 0.5) is 17.1 Å². The van der Waals surface area contributed by atoms with Crippen LogP contribution in [0, 0.1) is 0 Å². The molecule has 124 valence electrons. The van der Waals surface area contributed by atoms with E-state index < -0.39 is 0 Å². The Morgan fingerprint density at radius 3 is 1.72 bits per heavy atom. The van der Waals surface area contributed by atoms with E-state index in [1.807, 2.05) is 36.4 Å². The first-order chi connectivity index (χ1) is 12.1. The number of nitrogen functional groups attached to an aromatic ring is 1. The first kappa shape index (κ1) is 16.3. The molecule has 0 saturated carbocycles. The van der Waals surface area contributed by atoms with Gasteiger partial charge in [-0.25, -0.2) is 0 Å². The summed E-state index contributed by atoms with van der Waals surface area (Å²) in [5.41, 5.74) is 8.29. The maximum Gasteiger partial charge on any atom is 0.257 e. The largest absolute Gasteiger partial charge is 0.398 e. The minimum absolute atomic E-state index is 0.245. The van der Waals surface area contributed by atoms with Gasteiger partial charge in [-0.05, 0) is 42.5 Å². The van der Waals surface area contributed by atoms with Gasteiger partial charge in [0.2, 0.25) is 0 Å². The first-order valence-electron chi connectivity index (χ1n) is 7.76. The van der Waals surface area contributed by atoms with Crippen LogP contribution in [0.25, 0.3) is 0 Å². The van der Waals surface area contributed by atoms with Gasteiger partial charge in [-0.15, -0.1) is 0 Å². The Balaban J connectivity index is 1.74. The van der Waals surface area contributed by atoms with Crippen molar-refractivity contribution < 1.29 is 9.59 Å². The summed E-state index contributed by atoms with van der Waals surface area (Å²) in [6.07, 6.45) is 0. The van der Waals surface area contributed by atoms with Crippen LogP contribution in [-0.4, -0.2) is 11.8 Å². The average Bonchev–Trinajstić information content (AvgIpc) is 2.63. The molecule has 0 atom stereocenters. The summed E-state index contributed by atoms with van der Waals surface area (Å²) in [6, 6.07) is 22.9. The monoisotopic (exact) mass is 331 g/mol. The summed E-state index contributed by atoms with van der Waals surface area (Å²) in [7, 11) is 0. The minimum atomic E-state index is -0.321. The van der Waals surface area contributed by atoms with E-state index in [0.29, 0.717) is 22.5 Å². The normalized spacial score (nSPS) is 10.1. The number of anilines is 3. The Kier molecular flexibility index (Phi) is 4.76. The van der Waals surface area contributed by atoms with E-state index in [-0.39, 0.29) is 17.5 Å². The van der Waals surface area contributed by atoms with Crippen molar-refractivity contribution in [1.82, 2.24) is 0 Å². The number of nitrogens with one attached hydrogen (secondary N) is 2. The van der Waals surface area contributed by atoms with Crippen molar-refractivity contribution >= 4 is 28.9 Å². The van der Waals surface area contributed by atoms with Gasteiger partial charge in [0.05, 0.1) is 5.56 Å². The van der Waals surface area contributed by atoms with Gasteiger partial charge in [-0.1, -0.05) is 36.4 Å². The second-order valence-corrected chi connectivity index (χ2v) is 5.44. The summed E-state index contributed by atoms with van der Waals surface area (Å²) in [6.45, 7) is 0. The molecule has 5 nitrogen and oxygen atoms in total. The van der Waals surface area contributed by atoms with Crippen LogP contribution in [0.3, 0.4) is 0 Å². The van der Waals surface area contributed by atoms with Crippen LogP contribution in [0.15, 0.2) is 78.9 Å². The molecule has 3 aromatic carbocycles. The summed E-state index contributed by atoms with van der Waals surface area (Å²) in [5, 5.41) is 5.55. The van der Waals surface area contributed by atoms with E-state index in [0.717, 1.165) is 0 Å². The van der Waals surface area contributed by atoms with Gasteiger partial charge in [0.1, 0.15) is 0 Å². The lowest BCUT2D eigenvalue weighted by Crippen LogP contribution is -2.16. The zero-order valence-electron chi connectivity index (χ0n) is 13.4. The van der Waals surface area contributed by atoms with Gasteiger partial charge in [0.25, 0.3) is 11.8 Å². The lowest BCUT2D eigenvalue weighted by molar-refractivity contribution is 0.101. The van der Waals surface area contributed by atoms with Crippen molar-refractivity contribution in [3.63, 3.8) is 0 Å². The topological polar surface area (TPSA) is 84.2 Å². The fourth-order valence-electron chi connectivity index (χ4n) is 2.36. The Labute approximate surface area is 145 Å². The number of rotatable bonds is 4. The molecule has 0 aromatic heterocycles. The molecule has 0 spiro atoms. The summed E-state index contributed by atoms with van der Waals surface area (Å²) in [4.78, 5) is 24.6. The van der Waals surface area contributed by atoms with E-state index >= 15 is 0 Å². The molecule has 25 heavy (non-hydrogen) atoms. The first-order valence-corrected chi connectivity index (χ1v) is 7.76. The molecule has 2 amide bonds. The summed E-state index contributed by atoms with van der Waals surface area (Å²) in [5.74, 6) is -0.605. The third-order valence-corrected chi connectivity index (χ3v) is 3.62. The molecule has 0 bridgehead atoms. The van der Waals surface area contributed by atoms with Crippen LogP contribution in [0.1, 0.15) is 20.7 Å². The Morgan fingerprint density at radius 2 is 1.20 bits per heavy atom. The lowest BCUT2D eigenvalue weighted by Gasteiger charge is -2.10. The highest BCUT2D eigenvalue weighted by molar-refractivity contribution is 6.10. The Bertz CT molecular complexity index is 893. The molecule has 0 saturated heterocycles. The van der Waals surface area contributed by atoms with Gasteiger partial charge in [-0.2, -0.15) is 0 Å². The molecule has 4 N–H and O–H groups in total. The molecule has 0 radical (unpaired) electrons. The van der Waals surface area contributed by atoms with Crippen LogP contribution < -0.4 is 16.4 Å². The standard InChI is InChI=1S/C20H17N3O2/c21-18-13-14(19(24)22-15-7-3-1-4-8-15)11-12-17(18)20(25)23-16-9-5-2-6-10-16/h1-13H,21H2,(H,22,24)(H,23,25). The zero-order valence-corrected chi connectivity index (χ0v) is 13.4. The molecular formula is C20H17N3O2. The lowest BCUT2D eigenvalue weighted by atomic mass is 10.1. The van der Waals surface area contributed by atoms with Crippen molar-refractivity contribution in [3.05, 3.63) is 90.0 Å². The molecule has 0 heterocycles. The van der Waals surface area contributed by atoms with Gasteiger partial charge < -0.3 is 16.4 Å². The second-order valence-electron chi connectivity index (χ2n) is 5.44. The molecule has 5 heteroatoms. The van der Waals surface area contributed by atoms with E-state index in [1.165, 1.54) is 6.07 Å². The Morgan fingerprint density at radius 1 is 0.680 bits per heavy atom. The number of para-hydroxylation sites is 2. The third-order valence-electron chi connectivity index (χ3n) is 3.62. The number of amides is 2. The van der Waals surface area contributed by atoms with E-state index in [4.69, 9.17) is 5.73 Å². The molecule has 0 aliphatic carbocycles. The van der Waals surface area contributed by atoms with Crippen molar-refractivity contribution in [2.75, 3.05) is 16.4 Å². The number of hydrogen-bond acceptors (Lipinski definition) is 3. The molecule has 0 aliphatic rings. The highest BCUT2D eigenvalue weighted by atomic mass is 16.2. The quantitative estimate of drug-likeness (QED) is 0.636. The molecule has 0 fully saturated rings. The SMILES string of the molecule is Nc1cc(C(=O)Nc2ccccc2)ccc1C(=O)Nc1ccccc1. The fourth-order valence-corrected chi connectivity index (χ4v) is 2.36. The number of hydrogen-bond donors (Lipinski definition) is 3. The van der Waals surface area contributed by atoms with Crippen molar-refractivity contribution in [2.24, 2.45) is 0 Å². The van der Waals surface area contributed by atoms with Gasteiger partial charge in [-0.3, -0.25) is 9.59 Å². The highest BCUT2D eigenvalue weighted by Crippen LogP contribution is 2.18. The van der Waals surface area contributed by atoms with E-state index in [1.54, 1.807) is 36.4 Å². The van der Waals surface area contributed by atoms with Crippen LogP contribution >= 0.6 is 0 Å². The van der Waals surface area contributed by atoms with Crippen molar-refractivity contribution in [1.29, 1.82) is 0 Å². The molecule has 3 rings (SSSR count). The molecule has 0 aliphatic heterocycles. The minimum Gasteiger partial charge on any atom is -0.398 e. The number of carbonyl (C=O) groups is 2. The molecular weight excluding hydrogens is 314 g/mol. The smallest absolute Gasteiger partial charge is 0.257 e. The predicted octanol–water partition coefficient (Wildman–Crippen LogP) is 3.77. The summed E-state index contributed by atoms with van der Waals surface area (Å²) < 4.78 is 0. The maximum atomic E-state index is 12.3. The summed E-state index contributed by atoms with van der Waals surface area (Å²) >= 11 is 0. The number of benzene rings is 3.